The largest absolute Gasteiger partial charge is 0.124 e. The van der Waals surface area contributed by atoms with Gasteiger partial charge in [0.05, 0.1) is 5.38 Å². The normalized spacial score (nSPS) is 13.0. The van der Waals surface area contributed by atoms with Gasteiger partial charge in [0, 0.05) is 0 Å². The molecular formula is C18H34Cl3I. The van der Waals surface area contributed by atoms with Crippen LogP contribution in [-0.4, -0.2) is 14.6 Å². The lowest BCUT2D eigenvalue weighted by Gasteiger charge is -2.09. The molecule has 0 aliphatic heterocycles. The van der Waals surface area contributed by atoms with Gasteiger partial charge < -0.3 is 0 Å². The smallest absolute Gasteiger partial charge is 0.120 e. The molecule has 4 heteroatoms. The van der Waals surface area contributed by atoms with Crippen LogP contribution in [0.1, 0.15) is 96.3 Å². The fourth-order valence-corrected chi connectivity index (χ4v) is 3.63. The molecule has 0 radical (unpaired) electrons. The van der Waals surface area contributed by atoms with Gasteiger partial charge in [-0.1, -0.05) is 106 Å². The molecule has 0 aromatic heterocycles. The van der Waals surface area contributed by atoms with E-state index in [0.717, 1.165) is 12.8 Å². The van der Waals surface area contributed by atoms with Crippen molar-refractivity contribution in [2.75, 3.05) is 4.43 Å². The van der Waals surface area contributed by atoms with Crippen molar-refractivity contribution in [1.29, 1.82) is 0 Å². The summed E-state index contributed by atoms with van der Waals surface area (Å²) >= 11 is 19.9. The predicted molar refractivity (Wildman–Crippen MR) is 113 cm³/mol. The van der Waals surface area contributed by atoms with Crippen molar-refractivity contribution in [3.63, 3.8) is 0 Å². The number of halogens is 4. The standard InChI is InChI=1S/C18H34Cl3I/c19-17(18(20)21)15-13-11-9-7-5-3-1-2-4-6-8-10-12-14-16-22/h17-18H,1-16H2. The van der Waals surface area contributed by atoms with Gasteiger partial charge in [0.15, 0.2) is 0 Å². The molecule has 0 aliphatic carbocycles. The van der Waals surface area contributed by atoms with Crippen molar-refractivity contribution in [2.24, 2.45) is 0 Å². The molecule has 0 aliphatic rings. The van der Waals surface area contributed by atoms with Gasteiger partial charge >= 0.3 is 0 Å². The van der Waals surface area contributed by atoms with E-state index in [2.05, 4.69) is 22.6 Å². The van der Waals surface area contributed by atoms with E-state index in [1.165, 1.54) is 87.9 Å². The van der Waals surface area contributed by atoms with Gasteiger partial charge in [-0.2, -0.15) is 0 Å². The summed E-state index contributed by atoms with van der Waals surface area (Å²) in [5.41, 5.74) is 0. The Morgan fingerprint density at radius 1 is 0.500 bits per heavy atom. The SMILES string of the molecule is ClC(Cl)C(Cl)CCCCCCCCCCCCCCCCI. The second kappa shape index (κ2) is 18.9. The van der Waals surface area contributed by atoms with Gasteiger partial charge in [0.1, 0.15) is 4.84 Å². The van der Waals surface area contributed by atoms with Crippen LogP contribution in [0.25, 0.3) is 0 Å². The summed E-state index contributed by atoms with van der Waals surface area (Å²) in [5, 5.41) is -0.0788. The van der Waals surface area contributed by atoms with Gasteiger partial charge in [-0.15, -0.1) is 34.8 Å². The van der Waals surface area contributed by atoms with Gasteiger partial charge in [-0.25, -0.2) is 0 Å². The van der Waals surface area contributed by atoms with Crippen molar-refractivity contribution in [2.45, 2.75) is 107 Å². The molecule has 0 spiro atoms. The second-order valence-corrected chi connectivity index (χ2v) is 9.08. The van der Waals surface area contributed by atoms with Crippen LogP contribution >= 0.6 is 57.4 Å². The zero-order valence-electron chi connectivity index (χ0n) is 14.0. The first kappa shape index (κ1) is 23.6. The van der Waals surface area contributed by atoms with Crippen LogP contribution in [0.4, 0.5) is 0 Å². The van der Waals surface area contributed by atoms with Crippen LogP contribution in [0.3, 0.4) is 0 Å². The highest BCUT2D eigenvalue weighted by atomic mass is 127. The second-order valence-electron chi connectivity index (χ2n) is 6.28. The van der Waals surface area contributed by atoms with Gasteiger partial charge in [-0.05, 0) is 17.3 Å². The Hall–Kier alpha value is 1.60. The van der Waals surface area contributed by atoms with E-state index < -0.39 is 4.84 Å². The minimum atomic E-state index is -0.423. The number of unbranched alkanes of at least 4 members (excludes halogenated alkanes) is 13. The van der Waals surface area contributed by atoms with Crippen LogP contribution in [0.5, 0.6) is 0 Å². The summed E-state index contributed by atoms with van der Waals surface area (Å²) in [5.74, 6) is 0. The van der Waals surface area contributed by atoms with E-state index in [9.17, 15) is 0 Å². The summed E-state index contributed by atoms with van der Waals surface area (Å²) < 4.78 is 1.32. The first-order valence-corrected chi connectivity index (χ1v) is 12.0. The minimum absolute atomic E-state index is 0.0788. The summed E-state index contributed by atoms with van der Waals surface area (Å²) in [6.07, 6.45) is 20.4. The molecule has 0 nitrogen and oxygen atoms in total. The zero-order chi connectivity index (χ0) is 16.5. The first-order valence-electron chi connectivity index (χ1n) is 9.16. The monoisotopic (exact) mass is 482 g/mol. The van der Waals surface area contributed by atoms with Crippen molar-refractivity contribution >= 4 is 57.4 Å². The number of alkyl halides is 4. The molecule has 0 rings (SSSR count). The highest BCUT2D eigenvalue weighted by Gasteiger charge is 2.12. The fourth-order valence-electron chi connectivity index (χ4n) is 2.68. The van der Waals surface area contributed by atoms with Crippen LogP contribution in [0, 0.1) is 0 Å². The molecule has 0 N–H and O–H groups in total. The maximum absolute atomic E-state index is 6.01. The summed E-state index contributed by atoms with van der Waals surface area (Å²) in [6.45, 7) is 0. The first-order chi connectivity index (χ1) is 10.7. The maximum atomic E-state index is 6.01. The van der Waals surface area contributed by atoms with Crippen LogP contribution in [0.2, 0.25) is 0 Å². The molecular weight excluding hydrogens is 449 g/mol. The Kier molecular flexibility index (Phi) is 20.3. The molecule has 1 unspecified atom stereocenters. The molecule has 0 aromatic carbocycles. The highest BCUT2D eigenvalue weighted by Crippen LogP contribution is 2.20. The highest BCUT2D eigenvalue weighted by molar-refractivity contribution is 14.1. The third-order valence-corrected chi connectivity index (χ3v) is 6.24. The molecule has 0 bridgehead atoms. The van der Waals surface area contributed by atoms with E-state index in [-0.39, 0.29) is 5.38 Å². The van der Waals surface area contributed by atoms with E-state index in [0.29, 0.717) is 0 Å². The van der Waals surface area contributed by atoms with Crippen molar-refractivity contribution in [3.8, 4) is 0 Å². The van der Waals surface area contributed by atoms with E-state index >= 15 is 0 Å². The number of rotatable bonds is 17. The van der Waals surface area contributed by atoms with E-state index in [1.807, 2.05) is 0 Å². The van der Waals surface area contributed by atoms with Gasteiger partial charge in [0.25, 0.3) is 0 Å². The van der Waals surface area contributed by atoms with Gasteiger partial charge in [0.2, 0.25) is 0 Å². The van der Waals surface area contributed by atoms with Crippen molar-refractivity contribution < 1.29 is 0 Å². The molecule has 22 heavy (non-hydrogen) atoms. The average molecular weight is 484 g/mol. The van der Waals surface area contributed by atoms with E-state index in [4.69, 9.17) is 34.8 Å². The Labute approximate surface area is 167 Å². The minimum Gasteiger partial charge on any atom is -0.120 e. The average Bonchev–Trinajstić information content (AvgIpc) is 2.50. The molecule has 0 fully saturated rings. The molecule has 0 amide bonds. The topological polar surface area (TPSA) is 0 Å². The van der Waals surface area contributed by atoms with Crippen LogP contribution in [0.15, 0.2) is 0 Å². The number of hydrogen-bond donors (Lipinski definition) is 0. The summed E-state index contributed by atoms with van der Waals surface area (Å²) in [4.78, 5) is -0.423. The molecule has 0 saturated carbocycles. The Morgan fingerprint density at radius 2 is 0.818 bits per heavy atom. The zero-order valence-corrected chi connectivity index (χ0v) is 18.4. The Bertz CT molecular complexity index is 213. The Balaban J connectivity index is 3.03. The Morgan fingerprint density at radius 3 is 1.14 bits per heavy atom. The lowest BCUT2D eigenvalue weighted by Crippen LogP contribution is -2.07. The molecule has 0 heterocycles. The molecule has 1 atom stereocenters. The van der Waals surface area contributed by atoms with E-state index in [1.54, 1.807) is 0 Å². The molecule has 0 aromatic rings. The quantitative estimate of drug-likeness (QED) is 0.110. The van der Waals surface area contributed by atoms with Crippen LogP contribution < -0.4 is 0 Å². The molecule has 0 saturated heterocycles. The summed E-state index contributed by atoms with van der Waals surface area (Å²) in [6, 6.07) is 0. The fraction of sp³-hybridized carbons (Fsp3) is 1.00. The predicted octanol–water partition coefficient (Wildman–Crippen LogP) is 8.68. The van der Waals surface area contributed by atoms with Crippen LogP contribution in [-0.2, 0) is 0 Å². The lowest BCUT2D eigenvalue weighted by molar-refractivity contribution is 0.532. The summed E-state index contributed by atoms with van der Waals surface area (Å²) in [7, 11) is 0. The third kappa shape index (κ3) is 17.9. The van der Waals surface area contributed by atoms with Crippen molar-refractivity contribution in [1.82, 2.24) is 0 Å². The molecule has 134 valence electrons. The van der Waals surface area contributed by atoms with Crippen molar-refractivity contribution in [3.05, 3.63) is 0 Å². The number of hydrogen-bond acceptors (Lipinski definition) is 0. The third-order valence-electron chi connectivity index (χ3n) is 4.14. The maximum Gasteiger partial charge on any atom is 0.124 e. The lowest BCUT2D eigenvalue weighted by atomic mass is 10.0. The van der Waals surface area contributed by atoms with Gasteiger partial charge in [-0.3, -0.25) is 0 Å².